The number of rotatable bonds is 7. The molecule has 0 bridgehead atoms. The standard InChI is InChI=1S/C15H20BrNO4/c1-4-17(11(3)8-15(19)20)14(18)9-21-13-6-5-10(2)7-12(13)16/h5-7,11H,4,8-9H2,1-3H3,(H,19,20). The number of carboxylic acids is 1. The Bertz CT molecular complexity index is 518. The lowest BCUT2D eigenvalue weighted by Crippen LogP contribution is -2.42. The molecule has 0 fully saturated rings. The SMILES string of the molecule is CCN(C(=O)COc1ccc(C)cc1Br)C(C)CC(=O)O. The van der Waals surface area contributed by atoms with Crippen LogP contribution in [0.2, 0.25) is 0 Å². The van der Waals surface area contributed by atoms with Crippen LogP contribution in [0.4, 0.5) is 0 Å². The van der Waals surface area contributed by atoms with Crippen LogP contribution >= 0.6 is 15.9 Å². The number of nitrogens with zero attached hydrogens (tertiary/aromatic N) is 1. The maximum atomic E-state index is 12.1. The Morgan fingerprint density at radius 2 is 2.10 bits per heavy atom. The second-order valence-electron chi connectivity index (χ2n) is 4.85. The van der Waals surface area contributed by atoms with Crippen LogP contribution < -0.4 is 4.74 Å². The van der Waals surface area contributed by atoms with E-state index in [-0.39, 0.29) is 25.0 Å². The van der Waals surface area contributed by atoms with Crippen molar-refractivity contribution in [3.63, 3.8) is 0 Å². The molecule has 1 N–H and O–H groups in total. The Hall–Kier alpha value is -1.56. The predicted molar refractivity (Wildman–Crippen MR) is 83.5 cm³/mol. The van der Waals surface area contributed by atoms with Gasteiger partial charge in [-0.3, -0.25) is 9.59 Å². The summed E-state index contributed by atoms with van der Waals surface area (Å²) in [6, 6.07) is 5.24. The molecular weight excluding hydrogens is 338 g/mol. The Morgan fingerprint density at radius 1 is 1.43 bits per heavy atom. The highest BCUT2D eigenvalue weighted by Gasteiger charge is 2.21. The average Bonchev–Trinajstić information content (AvgIpc) is 2.37. The van der Waals surface area contributed by atoms with Gasteiger partial charge in [0.25, 0.3) is 5.91 Å². The summed E-state index contributed by atoms with van der Waals surface area (Å²) in [5, 5.41) is 8.80. The number of aryl methyl sites for hydroxylation is 1. The first-order valence-electron chi connectivity index (χ1n) is 6.75. The maximum absolute atomic E-state index is 12.1. The Kier molecular flexibility index (Phi) is 6.68. The minimum absolute atomic E-state index is 0.0756. The van der Waals surface area contributed by atoms with Crippen molar-refractivity contribution in [1.82, 2.24) is 4.90 Å². The van der Waals surface area contributed by atoms with Crippen molar-refractivity contribution < 1.29 is 19.4 Å². The van der Waals surface area contributed by atoms with Gasteiger partial charge in [-0.05, 0) is 54.4 Å². The van der Waals surface area contributed by atoms with E-state index in [1.807, 2.05) is 26.0 Å². The number of likely N-dealkylation sites (N-methyl/N-ethyl adjacent to an activating group) is 1. The van der Waals surface area contributed by atoms with Gasteiger partial charge in [0.1, 0.15) is 5.75 Å². The zero-order valence-corrected chi connectivity index (χ0v) is 14.0. The number of carbonyl (C=O) groups excluding carboxylic acids is 1. The summed E-state index contributed by atoms with van der Waals surface area (Å²) in [5.74, 6) is -0.550. The fourth-order valence-electron chi connectivity index (χ4n) is 2.04. The number of ether oxygens (including phenoxy) is 1. The lowest BCUT2D eigenvalue weighted by molar-refractivity contribution is -0.141. The fraction of sp³-hybridized carbons (Fsp3) is 0.467. The van der Waals surface area contributed by atoms with Gasteiger partial charge in [-0.15, -0.1) is 0 Å². The molecule has 0 aromatic heterocycles. The third-order valence-electron chi connectivity index (χ3n) is 3.10. The number of hydrogen-bond donors (Lipinski definition) is 1. The van der Waals surface area contributed by atoms with Gasteiger partial charge in [0.15, 0.2) is 6.61 Å². The van der Waals surface area contributed by atoms with E-state index in [9.17, 15) is 9.59 Å². The van der Waals surface area contributed by atoms with E-state index in [2.05, 4.69) is 15.9 Å². The van der Waals surface area contributed by atoms with Crippen molar-refractivity contribution in [2.75, 3.05) is 13.2 Å². The first-order valence-corrected chi connectivity index (χ1v) is 7.54. The summed E-state index contributed by atoms with van der Waals surface area (Å²) < 4.78 is 6.29. The molecule has 1 unspecified atom stereocenters. The van der Waals surface area contributed by atoms with E-state index in [0.29, 0.717) is 12.3 Å². The molecular formula is C15H20BrNO4. The van der Waals surface area contributed by atoms with Gasteiger partial charge >= 0.3 is 5.97 Å². The van der Waals surface area contributed by atoms with Crippen LogP contribution in [0, 0.1) is 6.92 Å². The van der Waals surface area contributed by atoms with Crippen LogP contribution in [-0.4, -0.2) is 41.1 Å². The molecule has 0 saturated heterocycles. The molecule has 1 atom stereocenters. The van der Waals surface area contributed by atoms with Crippen LogP contribution in [0.3, 0.4) is 0 Å². The van der Waals surface area contributed by atoms with E-state index in [1.165, 1.54) is 4.90 Å². The van der Waals surface area contributed by atoms with Crippen LogP contribution in [-0.2, 0) is 9.59 Å². The monoisotopic (exact) mass is 357 g/mol. The third kappa shape index (κ3) is 5.38. The summed E-state index contributed by atoms with van der Waals surface area (Å²) in [6.45, 7) is 5.84. The molecule has 0 aliphatic carbocycles. The lowest BCUT2D eigenvalue weighted by atomic mass is 10.2. The molecule has 0 radical (unpaired) electrons. The average molecular weight is 358 g/mol. The first kappa shape index (κ1) is 17.5. The summed E-state index contributed by atoms with van der Waals surface area (Å²) in [6.07, 6.45) is -0.0756. The highest BCUT2D eigenvalue weighted by atomic mass is 79.9. The van der Waals surface area contributed by atoms with E-state index < -0.39 is 5.97 Å². The van der Waals surface area contributed by atoms with Gasteiger partial charge in [-0.2, -0.15) is 0 Å². The summed E-state index contributed by atoms with van der Waals surface area (Å²) in [4.78, 5) is 24.4. The second kappa shape index (κ2) is 8.02. The van der Waals surface area contributed by atoms with Crippen LogP contribution in [0.25, 0.3) is 0 Å². The normalized spacial score (nSPS) is 11.8. The predicted octanol–water partition coefficient (Wildman–Crippen LogP) is 2.85. The first-order chi connectivity index (χ1) is 9.85. The quantitative estimate of drug-likeness (QED) is 0.814. The number of carboxylic acid groups (broad SMARTS) is 1. The minimum Gasteiger partial charge on any atom is -0.483 e. The molecule has 116 valence electrons. The number of aliphatic carboxylic acids is 1. The van der Waals surface area contributed by atoms with Gasteiger partial charge in [0, 0.05) is 12.6 Å². The van der Waals surface area contributed by atoms with Gasteiger partial charge in [-0.1, -0.05) is 6.07 Å². The molecule has 0 spiro atoms. The minimum atomic E-state index is -0.920. The third-order valence-corrected chi connectivity index (χ3v) is 3.72. The number of carbonyl (C=O) groups is 2. The molecule has 1 aromatic carbocycles. The van der Waals surface area contributed by atoms with E-state index >= 15 is 0 Å². The smallest absolute Gasteiger partial charge is 0.305 e. The zero-order valence-electron chi connectivity index (χ0n) is 12.4. The van der Waals surface area contributed by atoms with Crippen LogP contribution in [0.5, 0.6) is 5.75 Å². The number of hydrogen-bond acceptors (Lipinski definition) is 3. The molecule has 0 aliphatic heterocycles. The number of amides is 1. The molecule has 6 heteroatoms. The van der Waals surface area contributed by atoms with Crippen LogP contribution in [0.15, 0.2) is 22.7 Å². The largest absolute Gasteiger partial charge is 0.483 e. The number of benzene rings is 1. The maximum Gasteiger partial charge on any atom is 0.305 e. The molecule has 21 heavy (non-hydrogen) atoms. The molecule has 1 aromatic rings. The topological polar surface area (TPSA) is 66.8 Å². The van der Waals surface area contributed by atoms with E-state index in [0.717, 1.165) is 10.0 Å². The Morgan fingerprint density at radius 3 is 2.62 bits per heavy atom. The molecule has 0 saturated carbocycles. The summed E-state index contributed by atoms with van der Waals surface area (Å²) in [7, 11) is 0. The Labute approximate surface area is 133 Å². The van der Waals surface area contributed by atoms with Crippen LogP contribution in [0.1, 0.15) is 25.8 Å². The highest BCUT2D eigenvalue weighted by molar-refractivity contribution is 9.10. The lowest BCUT2D eigenvalue weighted by Gasteiger charge is -2.27. The van der Waals surface area contributed by atoms with Crippen molar-refractivity contribution in [1.29, 1.82) is 0 Å². The molecule has 0 aliphatic rings. The van der Waals surface area contributed by atoms with Crippen molar-refractivity contribution in [2.45, 2.75) is 33.2 Å². The van der Waals surface area contributed by atoms with Gasteiger partial charge < -0.3 is 14.7 Å². The van der Waals surface area contributed by atoms with Gasteiger partial charge in [-0.25, -0.2) is 0 Å². The molecule has 1 amide bonds. The summed E-state index contributed by atoms with van der Waals surface area (Å²) in [5.41, 5.74) is 1.09. The van der Waals surface area contributed by atoms with Gasteiger partial charge in [0.05, 0.1) is 10.9 Å². The molecule has 5 nitrogen and oxygen atoms in total. The molecule has 1 rings (SSSR count). The van der Waals surface area contributed by atoms with Crippen molar-refractivity contribution in [2.24, 2.45) is 0 Å². The van der Waals surface area contributed by atoms with E-state index in [1.54, 1.807) is 13.0 Å². The second-order valence-corrected chi connectivity index (χ2v) is 5.70. The fourth-order valence-corrected chi connectivity index (χ4v) is 2.65. The highest BCUT2D eigenvalue weighted by Crippen LogP contribution is 2.25. The van der Waals surface area contributed by atoms with Crippen molar-refractivity contribution in [3.8, 4) is 5.75 Å². The number of halogens is 1. The zero-order chi connectivity index (χ0) is 16.0. The van der Waals surface area contributed by atoms with E-state index in [4.69, 9.17) is 9.84 Å². The summed E-state index contributed by atoms with van der Waals surface area (Å²) >= 11 is 3.39. The van der Waals surface area contributed by atoms with Crippen molar-refractivity contribution in [3.05, 3.63) is 28.2 Å². The van der Waals surface area contributed by atoms with Crippen molar-refractivity contribution >= 4 is 27.8 Å². The Balaban J connectivity index is 2.64. The van der Waals surface area contributed by atoms with Gasteiger partial charge in [0.2, 0.25) is 0 Å². The molecule has 0 heterocycles.